The zero-order chi connectivity index (χ0) is 8.32. The lowest BCUT2D eigenvalue weighted by Crippen LogP contribution is -2.36. The number of carbonyl (C=O) groups is 1. The number of aliphatic hydroxyl groups excluding tert-OH is 1. The molecule has 0 atom stereocenters. The van der Waals surface area contributed by atoms with Gasteiger partial charge in [-0.25, -0.2) is 0 Å². The number of nitrogens with one attached hydrogen (secondary N) is 1. The van der Waals surface area contributed by atoms with Gasteiger partial charge in [-0.2, -0.15) is 0 Å². The van der Waals surface area contributed by atoms with Crippen LogP contribution in [0.15, 0.2) is 0 Å². The number of rotatable bonds is 5. The summed E-state index contributed by atoms with van der Waals surface area (Å²) in [4.78, 5) is 10.1. The van der Waals surface area contributed by atoms with E-state index in [-0.39, 0.29) is 18.6 Å². The van der Waals surface area contributed by atoms with Crippen LogP contribution in [-0.2, 0) is 4.79 Å². The molecule has 3 N–H and O–H groups in total. The molecule has 4 heteroatoms. The van der Waals surface area contributed by atoms with E-state index in [2.05, 4.69) is 5.32 Å². The second-order valence-electron chi connectivity index (χ2n) is 3.01. The number of carboxylic acids is 1. The molecule has 0 unspecified atom stereocenters. The second-order valence-corrected chi connectivity index (χ2v) is 3.01. The van der Waals surface area contributed by atoms with Crippen LogP contribution in [0.25, 0.3) is 0 Å². The van der Waals surface area contributed by atoms with Gasteiger partial charge in [0.1, 0.15) is 0 Å². The van der Waals surface area contributed by atoms with Crippen molar-refractivity contribution < 1.29 is 15.0 Å². The van der Waals surface area contributed by atoms with Crippen LogP contribution in [-0.4, -0.2) is 34.9 Å². The normalized spacial score (nSPS) is 19.7. The first-order chi connectivity index (χ1) is 5.18. The van der Waals surface area contributed by atoms with Crippen LogP contribution in [0.3, 0.4) is 0 Å². The van der Waals surface area contributed by atoms with Gasteiger partial charge in [-0.05, 0) is 12.8 Å². The summed E-state index contributed by atoms with van der Waals surface area (Å²) in [5.41, 5.74) is -0.130. The number of hydrogen-bond donors (Lipinski definition) is 3. The van der Waals surface area contributed by atoms with Crippen LogP contribution in [0.4, 0.5) is 0 Å². The zero-order valence-electron chi connectivity index (χ0n) is 6.34. The van der Waals surface area contributed by atoms with E-state index in [0.717, 1.165) is 12.8 Å². The Bertz CT molecular complexity index is 154. The summed E-state index contributed by atoms with van der Waals surface area (Å²) in [5.74, 6) is -0.800. The minimum absolute atomic E-state index is 0.118. The van der Waals surface area contributed by atoms with Crippen molar-refractivity contribution in [3.8, 4) is 0 Å². The Hall–Kier alpha value is -0.610. The topological polar surface area (TPSA) is 69.6 Å². The molecule has 0 radical (unpaired) electrons. The standard InChI is InChI=1S/C7H13NO3/c9-5-7(2-3-7)8-4-1-6(10)11/h8-9H,1-5H2,(H,10,11). The summed E-state index contributed by atoms with van der Waals surface area (Å²) in [6, 6.07) is 0. The lowest BCUT2D eigenvalue weighted by molar-refractivity contribution is -0.136. The van der Waals surface area contributed by atoms with Crippen molar-refractivity contribution in [2.75, 3.05) is 13.2 Å². The van der Waals surface area contributed by atoms with E-state index in [0.29, 0.717) is 6.54 Å². The fourth-order valence-electron chi connectivity index (χ4n) is 0.976. The molecule has 0 aliphatic heterocycles. The van der Waals surface area contributed by atoms with E-state index in [1.54, 1.807) is 0 Å². The van der Waals surface area contributed by atoms with Gasteiger partial charge in [0, 0.05) is 12.1 Å². The van der Waals surface area contributed by atoms with Crippen LogP contribution < -0.4 is 5.32 Å². The van der Waals surface area contributed by atoms with Gasteiger partial charge in [-0.1, -0.05) is 0 Å². The lowest BCUT2D eigenvalue weighted by Gasteiger charge is -2.12. The predicted molar refractivity (Wildman–Crippen MR) is 39.3 cm³/mol. The number of aliphatic hydroxyl groups is 1. The maximum absolute atomic E-state index is 10.1. The first-order valence-corrected chi connectivity index (χ1v) is 3.76. The Morgan fingerprint density at radius 1 is 1.55 bits per heavy atom. The van der Waals surface area contributed by atoms with Crippen LogP contribution in [0.2, 0.25) is 0 Å². The van der Waals surface area contributed by atoms with Gasteiger partial charge < -0.3 is 15.5 Å². The number of aliphatic carboxylic acids is 1. The third-order valence-electron chi connectivity index (χ3n) is 2.00. The third kappa shape index (κ3) is 2.48. The molecule has 1 rings (SSSR count). The highest BCUT2D eigenvalue weighted by Crippen LogP contribution is 2.34. The molecule has 0 saturated heterocycles. The van der Waals surface area contributed by atoms with Crippen LogP contribution in [0.1, 0.15) is 19.3 Å². The smallest absolute Gasteiger partial charge is 0.304 e. The van der Waals surface area contributed by atoms with Crippen molar-refractivity contribution >= 4 is 5.97 Å². The van der Waals surface area contributed by atoms with Gasteiger partial charge in [0.2, 0.25) is 0 Å². The summed E-state index contributed by atoms with van der Waals surface area (Å²) < 4.78 is 0. The molecule has 0 heterocycles. The first-order valence-electron chi connectivity index (χ1n) is 3.76. The van der Waals surface area contributed by atoms with Gasteiger partial charge >= 0.3 is 5.97 Å². The van der Waals surface area contributed by atoms with Gasteiger partial charge in [-0.15, -0.1) is 0 Å². The average molecular weight is 159 g/mol. The quantitative estimate of drug-likeness (QED) is 0.509. The molecule has 0 spiro atoms. The highest BCUT2D eigenvalue weighted by Gasteiger charge is 2.41. The Morgan fingerprint density at radius 2 is 2.18 bits per heavy atom. The summed E-state index contributed by atoms with van der Waals surface area (Å²) in [6.07, 6.45) is 2.05. The van der Waals surface area contributed by atoms with Crippen molar-refractivity contribution in [1.29, 1.82) is 0 Å². The summed E-state index contributed by atoms with van der Waals surface area (Å²) in [5, 5.41) is 20.1. The fourth-order valence-corrected chi connectivity index (χ4v) is 0.976. The van der Waals surface area contributed by atoms with Crippen LogP contribution in [0, 0.1) is 0 Å². The predicted octanol–water partition coefficient (Wildman–Crippen LogP) is -0.424. The molecule has 0 aromatic heterocycles. The van der Waals surface area contributed by atoms with Crippen molar-refractivity contribution in [3.05, 3.63) is 0 Å². The Balaban J connectivity index is 2.07. The van der Waals surface area contributed by atoms with Gasteiger partial charge in [0.05, 0.1) is 13.0 Å². The van der Waals surface area contributed by atoms with E-state index < -0.39 is 5.97 Å². The molecule has 1 saturated carbocycles. The molecule has 0 aromatic carbocycles. The molecule has 0 bridgehead atoms. The van der Waals surface area contributed by atoms with E-state index in [1.165, 1.54) is 0 Å². The highest BCUT2D eigenvalue weighted by molar-refractivity contribution is 5.66. The average Bonchev–Trinajstić information content (AvgIpc) is 2.69. The summed E-state index contributed by atoms with van der Waals surface area (Å²) in [6.45, 7) is 0.572. The molecule has 0 aromatic rings. The van der Waals surface area contributed by atoms with E-state index in [9.17, 15) is 4.79 Å². The summed E-state index contributed by atoms with van der Waals surface area (Å²) in [7, 11) is 0. The zero-order valence-corrected chi connectivity index (χ0v) is 6.34. The van der Waals surface area contributed by atoms with Gasteiger partial charge in [0.15, 0.2) is 0 Å². The molecule has 1 aliphatic carbocycles. The molecule has 0 amide bonds. The van der Waals surface area contributed by atoms with E-state index >= 15 is 0 Å². The van der Waals surface area contributed by atoms with Gasteiger partial charge in [0.25, 0.3) is 0 Å². The molecular formula is C7H13NO3. The number of hydrogen-bond acceptors (Lipinski definition) is 3. The van der Waals surface area contributed by atoms with Crippen molar-refractivity contribution in [2.24, 2.45) is 0 Å². The molecule has 1 aliphatic rings. The minimum atomic E-state index is -0.800. The monoisotopic (exact) mass is 159 g/mol. The minimum Gasteiger partial charge on any atom is -0.481 e. The lowest BCUT2D eigenvalue weighted by atomic mass is 10.3. The van der Waals surface area contributed by atoms with Crippen LogP contribution in [0.5, 0.6) is 0 Å². The maximum atomic E-state index is 10.1. The molecule has 4 nitrogen and oxygen atoms in total. The molecule has 11 heavy (non-hydrogen) atoms. The van der Waals surface area contributed by atoms with Crippen LogP contribution >= 0.6 is 0 Å². The summed E-state index contributed by atoms with van der Waals surface area (Å²) >= 11 is 0. The van der Waals surface area contributed by atoms with E-state index in [4.69, 9.17) is 10.2 Å². The third-order valence-corrected chi connectivity index (χ3v) is 2.00. The largest absolute Gasteiger partial charge is 0.481 e. The Labute approximate surface area is 65.2 Å². The molecule has 1 fully saturated rings. The van der Waals surface area contributed by atoms with Crippen molar-refractivity contribution in [2.45, 2.75) is 24.8 Å². The molecular weight excluding hydrogens is 146 g/mol. The van der Waals surface area contributed by atoms with Crippen molar-refractivity contribution in [3.63, 3.8) is 0 Å². The SMILES string of the molecule is O=C(O)CCNC1(CO)CC1. The van der Waals surface area contributed by atoms with Crippen molar-refractivity contribution in [1.82, 2.24) is 5.32 Å². The second kappa shape index (κ2) is 3.19. The van der Waals surface area contributed by atoms with E-state index in [1.807, 2.05) is 0 Å². The fraction of sp³-hybridized carbons (Fsp3) is 0.857. The Kier molecular flexibility index (Phi) is 2.46. The maximum Gasteiger partial charge on any atom is 0.304 e. The first kappa shape index (κ1) is 8.49. The Morgan fingerprint density at radius 3 is 2.55 bits per heavy atom. The number of carboxylic acid groups (broad SMARTS) is 1. The van der Waals surface area contributed by atoms with Gasteiger partial charge in [-0.3, -0.25) is 4.79 Å². The highest BCUT2D eigenvalue weighted by atomic mass is 16.4. The molecule has 64 valence electrons.